The number of furan rings is 1. The van der Waals surface area contributed by atoms with Crippen LogP contribution in [0.1, 0.15) is 18.1 Å². The average Bonchev–Trinajstić information content (AvgIpc) is 2.92. The zero-order valence-corrected chi connectivity index (χ0v) is 13.1. The number of rotatable bonds is 4. The topological polar surface area (TPSA) is 35.3 Å². The maximum absolute atomic E-state index is 5.67. The van der Waals surface area contributed by atoms with Crippen LogP contribution in [0.4, 0.5) is 0 Å². The van der Waals surface area contributed by atoms with Gasteiger partial charge in [0.15, 0.2) is 0 Å². The lowest BCUT2D eigenvalue weighted by Gasteiger charge is -2.08. The molecule has 1 aromatic carbocycles. The minimum Gasteiger partial charge on any atom is -0.465 e. The van der Waals surface area contributed by atoms with Crippen LogP contribution in [0.5, 0.6) is 5.95 Å². The molecule has 3 heteroatoms. The second-order valence-electron chi connectivity index (χ2n) is 5.28. The normalized spacial score (nSPS) is 10.7. The van der Waals surface area contributed by atoms with Crippen molar-refractivity contribution in [2.75, 3.05) is 6.61 Å². The molecule has 0 bridgehead atoms. The summed E-state index contributed by atoms with van der Waals surface area (Å²) >= 11 is 0. The predicted molar refractivity (Wildman–Crippen MR) is 88.0 cm³/mol. The molecule has 2 aromatic heterocycles. The maximum atomic E-state index is 5.67. The van der Waals surface area contributed by atoms with Crippen molar-refractivity contribution in [3.8, 4) is 28.3 Å². The summed E-state index contributed by atoms with van der Waals surface area (Å²) in [6.45, 7) is 6.70. The third-order valence-corrected chi connectivity index (χ3v) is 3.63. The smallest absolute Gasteiger partial charge is 0.294 e. The van der Waals surface area contributed by atoms with Crippen LogP contribution in [0.3, 0.4) is 0 Å². The van der Waals surface area contributed by atoms with E-state index in [0.29, 0.717) is 12.6 Å². The summed E-state index contributed by atoms with van der Waals surface area (Å²) in [5.41, 5.74) is 6.37. The van der Waals surface area contributed by atoms with Crippen molar-refractivity contribution in [2.45, 2.75) is 20.8 Å². The molecule has 0 atom stereocenters. The van der Waals surface area contributed by atoms with Crippen LogP contribution >= 0.6 is 0 Å². The largest absolute Gasteiger partial charge is 0.465 e. The molecule has 0 spiro atoms. The second-order valence-corrected chi connectivity index (χ2v) is 5.28. The van der Waals surface area contributed by atoms with E-state index in [9.17, 15) is 0 Å². The zero-order valence-electron chi connectivity index (χ0n) is 13.1. The summed E-state index contributed by atoms with van der Waals surface area (Å²) in [4.78, 5) is 4.46. The highest BCUT2D eigenvalue weighted by Gasteiger charge is 2.20. The van der Waals surface area contributed by atoms with Crippen LogP contribution in [0, 0.1) is 13.8 Å². The lowest BCUT2D eigenvalue weighted by Crippen LogP contribution is -1.93. The molecule has 0 aliphatic heterocycles. The van der Waals surface area contributed by atoms with Gasteiger partial charge in [-0.15, -0.1) is 0 Å². The highest BCUT2D eigenvalue weighted by molar-refractivity contribution is 5.86. The van der Waals surface area contributed by atoms with E-state index in [4.69, 9.17) is 9.15 Å². The number of hydrogen-bond acceptors (Lipinski definition) is 3. The van der Waals surface area contributed by atoms with Crippen molar-refractivity contribution >= 4 is 0 Å². The predicted octanol–water partition coefficient (Wildman–Crippen LogP) is 5.02. The van der Waals surface area contributed by atoms with Crippen LogP contribution in [-0.2, 0) is 0 Å². The molecule has 0 unspecified atom stereocenters. The van der Waals surface area contributed by atoms with Gasteiger partial charge in [-0.05, 0) is 44.0 Å². The molecule has 0 saturated carbocycles. The number of nitrogens with zero attached hydrogens (tertiary/aromatic N) is 1. The molecule has 0 N–H and O–H groups in total. The minimum atomic E-state index is 0.524. The van der Waals surface area contributed by atoms with Gasteiger partial charge in [0.05, 0.1) is 17.9 Å². The number of aromatic nitrogens is 1. The molecule has 0 fully saturated rings. The monoisotopic (exact) mass is 293 g/mol. The number of benzene rings is 1. The molecule has 112 valence electrons. The van der Waals surface area contributed by atoms with E-state index in [1.807, 2.05) is 25.1 Å². The van der Waals surface area contributed by atoms with E-state index in [2.05, 4.69) is 37.0 Å². The van der Waals surface area contributed by atoms with E-state index >= 15 is 0 Å². The van der Waals surface area contributed by atoms with E-state index in [1.165, 1.54) is 11.1 Å². The Labute approximate surface area is 130 Å². The Morgan fingerprint density at radius 3 is 2.64 bits per heavy atom. The van der Waals surface area contributed by atoms with Crippen molar-refractivity contribution in [2.24, 2.45) is 0 Å². The van der Waals surface area contributed by atoms with Gasteiger partial charge in [0.2, 0.25) is 0 Å². The fraction of sp³-hybridized carbons (Fsp3) is 0.211. The van der Waals surface area contributed by atoms with Crippen LogP contribution in [0.2, 0.25) is 0 Å². The van der Waals surface area contributed by atoms with Gasteiger partial charge in [-0.3, -0.25) is 4.98 Å². The Hall–Kier alpha value is -2.55. The van der Waals surface area contributed by atoms with Crippen molar-refractivity contribution < 1.29 is 9.15 Å². The molecule has 2 heterocycles. The van der Waals surface area contributed by atoms with Gasteiger partial charge in [0, 0.05) is 11.8 Å². The SMILES string of the molecule is CCOc1occ(-c2ccc(C)cc2C)c1-c1ccccn1. The van der Waals surface area contributed by atoms with Gasteiger partial charge >= 0.3 is 0 Å². The van der Waals surface area contributed by atoms with Crippen molar-refractivity contribution in [1.82, 2.24) is 4.98 Å². The van der Waals surface area contributed by atoms with Crippen molar-refractivity contribution in [3.63, 3.8) is 0 Å². The van der Waals surface area contributed by atoms with E-state index in [1.54, 1.807) is 12.5 Å². The fourth-order valence-corrected chi connectivity index (χ4v) is 2.64. The van der Waals surface area contributed by atoms with Gasteiger partial charge < -0.3 is 9.15 Å². The van der Waals surface area contributed by atoms with Crippen LogP contribution in [-0.4, -0.2) is 11.6 Å². The number of pyridine rings is 1. The fourth-order valence-electron chi connectivity index (χ4n) is 2.64. The summed E-state index contributed by atoms with van der Waals surface area (Å²) in [5, 5.41) is 0. The Bertz CT molecular complexity index is 775. The molecule has 22 heavy (non-hydrogen) atoms. The first-order chi connectivity index (χ1) is 10.7. The third-order valence-electron chi connectivity index (χ3n) is 3.63. The summed E-state index contributed by atoms with van der Waals surface area (Å²) in [7, 11) is 0. The van der Waals surface area contributed by atoms with Gasteiger partial charge in [-0.1, -0.05) is 29.8 Å². The van der Waals surface area contributed by atoms with Gasteiger partial charge in [0.25, 0.3) is 5.95 Å². The highest BCUT2D eigenvalue weighted by Crippen LogP contribution is 2.41. The molecule has 0 radical (unpaired) electrons. The third kappa shape index (κ3) is 2.62. The molecule has 0 aliphatic rings. The van der Waals surface area contributed by atoms with E-state index in [-0.39, 0.29) is 0 Å². The van der Waals surface area contributed by atoms with Crippen LogP contribution in [0.15, 0.2) is 53.3 Å². The van der Waals surface area contributed by atoms with Crippen molar-refractivity contribution in [3.05, 3.63) is 60.0 Å². The first kappa shape index (κ1) is 14.4. The molecule has 3 aromatic rings. The molecular formula is C19H19NO2. The average molecular weight is 293 g/mol. The lowest BCUT2D eigenvalue weighted by molar-refractivity contribution is 0.259. The summed E-state index contributed by atoms with van der Waals surface area (Å²) in [6, 6.07) is 12.2. The summed E-state index contributed by atoms with van der Waals surface area (Å²) in [6.07, 6.45) is 3.54. The Balaban J connectivity index is 2.20. The zero-order chi connectivity index (χ0) is 15.5. The quantitative estimate of drug-likeness (QED) is 0.677. The molecule has 0 amide bonds. The van der Waals surface area contributed by atoms with Crippen LogP contribution in [0.25, 0.3) is 22.4 Å². The van der Waals surface area contributed by atoms with Gasteiger partial charge in [-0.25, -0.2) is 0 Å². The molecule has 0 saturated heterocycles. The number of ether oxygens (including phenoxy) is 1. The molecule has 3 nitrogen and oxygen atoms in total. The number of aryl methyl sites for hydroxylation is 2. The standard InChI is InChI=1S/C19H19NO2/c1-4-21-19-18(17-7-5-6-10-20-17)16(12-22-19)15-9-8-13(2)11-14(15)3/h5-12H,4H2,1-3H3. The van der Waals surface area contributed by atoms with E-state index in [0.717, 1.165) is 22.4 Å². The highest BCUT2D eigenvalue weighted by atomic mass is 16.6. The minimum absolute atomic E-state index is 0.524. The summed E-state index contributed by atoms with van der Waals surface area (Å²) < 4.78 is 11.3. The second kappa shape index (κ2) is 6.06. The lowest BCUT2D eigenvalue weighted by atomic mass is 9.96. The van der Waals surface area contributed by atoms with Gasteiger partial charge in [0.1, 0.15) is 6.26 Å². The Kier molecular flexibility index (Phi) is 3.96. The first-order valence-electron chi connectivity index (χ1n) is 7.44. The molecular weight excluding hydrogens is 274 g/mol. The maximum Gasteiger partial charge on any atom is 0.294 e. The van der Waals surface area contributed by atoms with Crippen molar-refractivity contribution in [1.29, 1.82) is 0 Å². The molecule has 0 aliphatic carbocycles. The first-order valence-corrected chi connectivity index (χ1v) is 7.44. The number of hydrogen-bond donors (Lipinski definition) is 0. The Morgan fingerprint density at radius 2 is 1.95 bits per heavy atom. The van der Waals surface area contributed by atoms with Gasteiger partial charge in [-0.2, -0.15) is 0 Å². The molecule has 3 rings (SSSR count). The van der Waals surface area contributed by atoms with Crippen LogP contribution < -0.4 is 4.74 Å². The summed E-state index contributed by atoms with van der Waals surface area (Å²) in [5.74, 6) is 0.524. The van der Waals surface area contributed by atoms with E-state index < -0.39 is 0 Å². The Morgan fingerprint density at radius 1 is 1.09 bits per heavy atom.